The van der Waals surface area contributed by atoms with Crippen LogP contribution >= 0.6 is 0 Å². The molecule has 0 radical (unpaired) electrons. The van der Waals surface area contributed by atoms with Crippen LogP contribution in [0.4, 0.5) is 5.69 Å². The van der Waals surface area contributed by atoms with Gasteiger partial charge in [-0.15, -0.1) is 0 Å². The average Bonchev–Trinajstić information content (AvgIpc) is 3.17. The molecule has 2 aromatic carbocycles. The van der Waals surface area contributed by atoms with Gasteiger partial charge in [-0.3, -0.25) is 14.2 Å². The highest BCUT2D eigenvalue weighted by molar-refractivity contribution is 5.94. The van der Waals surface area contributed by atoms with Gasteiger partial charge in [0.05, 0.1) is 11.9 Å². The fourth-order valence-corrected chi connectivity index (χ4v) is 4.11. The van der Waals surface area contributed by atoms with Gasteiger partial charge in [0.1, 0.15) is 0 Å². The number of hydrogen-bond donors (Lipinski definition) is 0. The van der Waals surface area contributed by atoms with Crippen molar-refractivity contribution in [3.8, 4) is 0 Å². The molecule has 3 aromatic rings. The summed E-state index contributed by atoms with van der Waals surface area (Å²) in [4.78, 5) is 38.6. The highest BCUT2D eigenvalue weighted by Gasteiger charge is 2.38. The van der Waals surface area contributed by atoms with Crippen LogP contribution < -0.4 is 10.7 Å². The number of rotatable bonds is 6. The molecule has 7 nitrogen and oxygen atoms in total. The minimum absolute atomic E-state index is 0.0376. The zero-order valence-electron chi connectivity index (χ0n) is 17.8. The number of ether oxygens (including phenoxy) is 1. The molecular weight excluding hydrogens is 396 g/mol. The van der Waals surface area contributed by atoms with Gasteiger partial charge in [0.15, 0.2) is 18.0 Å². The monoisotopic (exact) mass is 420 g/mol. The second-order valence-electron chi connectivity index (χ2n) is 8.10. The standard InChI is InChI=1S/C24H24N2O5/c1-24(2)17-8-4-5-9-18(17)25(3)21(24)14-16(27)15-30-22(28)12-13-26-19-10-6-7-11-20(19)31-23(26)29/h4-11,14H,12-13,15H2,1-3H3/b21-14-. The van der Waals surface area contributed by atoms with Gasteiger partial charge in [-0.05, 0) is 23.8 Å². The molecule has 0 saturated heterocycles. The summed E-state index contributed by atoms with van der Waals surface area (Å²) in [6, 6.07) is 15.0. The molecule has 0 bridgehead atoms. The van der Waals surface area contributed by atoms with E-state index in [1.807, 2.05) is 30.1 Å². The van der Waals surface area contributed by atoms with Crippen LogP contribution in [0.1, 0.15) is 25.8 Å². The van der Waals surface area contributed by atoms with E-state index in [1.165, 1.54) is 4.57 Å². The summed E-state index contributed by atoms with van der Waals surface area (Å²) in [5.41, 5.74) is 3.81. The number of ketones is 1. The van der Waals surface area contributed by atoms with Crippen molar-refractivity contribution in [3.05, 3.63) is 76.4 Å². The molecule has 0 unspecified atom stereocenters. The Balaban J connectivity index is 1.37. The molecule has 4 rings (SSSR count). The summed E-state index contributed by atoms with van der Waals surface area (Å²) in [5.74, 6) is -1.37. The quantitative estimate of drug-likeness (QED) is 0.449. The molecule has 0 fully saturated rings. The Hall–Kier alpha value is -3.61. The van der Waals surface area contributed by atoms with Gasteiger partial charge in [-0.25, -0.2) is 4.79 Å². The zero-order valence-corrected chi connectivity index (χ0v) is 17.8. The van der Waals surface area contributed by atoms with E-state index in [-0.39, 0.29) is 30.8 Å². The molecule has 1 aliphatic rings. The smallest absolute Gasteiger partial charge is 0.419 e. The van der Waals surface area contributed by atoms with E-state index < -0.39 is 11.7 Å². The third-order valence-electron chi connectivity index (χ3n) is 5.73. The van der Waals surface area contributed by atoms with Crippen LogP contribution in [0.3, 0.4) is 0 Å². The van der Waals surface area contributed by atoms with Crippen LogP contribution in [-0.2, 0) is 26.3 Å². The van der Waals surface area contributed by atoms with Crippen molar-refractivity contribution in [1.29, 1.82) is 0 Å². The number of fused-ring (bicyclic) bond motifs is 2. The second-order valence-corrected chi connectivity index (χ2v) is 8.10. The zero-order chi connectivity index (χ0) is 22.2. The number of carbonyl (C=O) groups excluding carboxylic acids is 2. The number of allylic oxidation sites excluding steroid dienone is 1. The Bertz CT molecular complexity index is 1250. The first kappa shape index (κ1) is 20.7. The van der Waals surface area contributed by atoms with Gasteiger partial charge in [-0.1, -0.05) is 44.2 Å². The van der Waals surface area contributed by atoms with Crippen LogP contribution in [0, 0.1) is 0 Å². The van der Waals surface area contributed by atoms with Crippen molar-refractivity contribution in [2.24, 2.45) is 0 Å². The Morgan fingerprint density at radius 2 is 1.81 bits per heavy atom. The maximum Gasteiger partial charge on any atom is 0.419 e. The molecule has 1 aromatic heterocycles. The van der Waals surface area contributed by atoms with Crippen molar-refractivity contribution in [2.45, 2.75) is 32.2 Å². The number of nitrogens with zero attached hydrogens (tertiary/aromatic N) is 2. The lowest BCUT2D eigenvalue weighted by atomic mass is 9.83. The molecule has 0 saturated carbocycles. The molecule has 2 heterocycles. The van der Waals surface area contributed by atoms with Crippen molar-refractivity contribution < 1.29 is 18.7 Å². The first-order valence-corrected chi connectivity index (χ1v) is 10.1. The van der Waals surface area contributed by atoms with E-state index in [9.17, 15) is 14.4 Å². The number of anilines is 1. The van der Waals surface area contributed by atoms with E-state index in [4.69, 9.17) is 9.15 Å². The van der Waals surface area contributed by atoms with Gasteiger partial charge < -0.3 is 14.1 Å². The first-order valence-electron chi connectivity index (χ1n) is 10.1. The third kappa shape index (κ3) is 3.79. The van der Waals surface area contributed by atoms with Gasteiger partial charge in [-0.2, -0.15) is 0 Å². The van der Waals surface area contributed by atoms with E-state index in [0.717, 1.165) is 16.9 Å². The number of aromatic nitrogens is 1. The van der Waals surface area contributed by atoms with Crippen LogP contribution in [-0.4, -0.2) is 30.0 Å². The SMILES string of the molecule is CN1/C(=C\C(=O)COC(=O)CCn2c(=O)oc3ccccc32)C(C)(C)c2ccccc21. The first-order chi connectivity index (χ1) is 14.8. The summed E-state index contributed by atoms with van der Waals surface area (Å²) in [5, 5.41) is 0. The Morgan fingerprint density at radius 1 is 1.10 bits per heavy atom. The maximum absolute atomic E-state index is 12.5. The van der Waals surface area contributed by atoms with Crippen LogP contribution in [0.2, 0.25) is 0 Å². The van der Waals surface area contributed by atoms with E-state index in [2.05, 4.69) is 19.9 Å². The topological polar surface area (TPSA) is 81.8 Å². The molecule has 7 heteroatoms. The molecule has 0 N–H and O–H groups in total. The predicted molar refractivity (Wildman–Crippen MR) is 117 cm³/mol. The van der Waals surface area contributed by atoms with Crippen molar-refractivity contribution in [3.63, 3.8) is 0 Å². The lowest BCUT2D eigenvalue weighted by Gasteiger charge is -2.23. The summed E-state index contributed by atoms with van der Waals surface area (Å²) in [6.45, 7) is 3.90. The predicted octanol–water partition coefficient (Wildman–Crippen LogP) is 3.41. The average molecular weight is 420 g/mol. The third-order valence-corrected chi connectivity index (χ3v) is 5.73. The number of esters is 1. The fraction of sp³-hybridized carbons (Fsp3) is 0.292. The minimum atomic E-state index is -0.550. The van der Waals surface area contributed by atoms with Crippen LogP contribution in [0.25, 0.3) is 11.1 Å². The second kappa shape index (κ2) is 7.91. The molecular formula is C24H24N2O5. The molecule has 0 amide bonds. The van der Waals surface area contributed by atoms with Gasteiger partial charge in [0, 0.05) is 36.5 Å². The summed E-state index contributed by atoms with van der Waals surface area (Å²) in [7, 11) is 1.92. The molecule has 31 heavy (non-hydrogen) atoms. The van der Waals surface area contributed by atoms with E-state index in [0.29, 0.717) is 11.1 Å². The summed E-state index contributed by atoms with van der Waals surface area (Å²) in [6.07, 6.45) is 1.51. The highest BCUT2D eigenvalue weighted by atomic mass is 16.5. The summed E-state index contributed by atoms with van der Waals surface area (Å²) < 4.78 is 11.7. The molecule has 160 valence electrons. The van der Waals surface area contributed by atoms with E-state index in [1.54, 1.807) is 30.3 Å². The number of para-hydroxylation sites is 3. The lowest BCUT2D eigenvalue weighted by molar-refractivity contribution is -0.147. The number of hydrogen-bond acceptors (Lipinski definition) is 6. The Kier molecular flexibility index (Phi) is 5.27. The Morgan fingerprint density at radius 3 is 2.58 bits per heavy atom. The van der Waals surface area contributed by atoms with Crippen LogP contribution in [0.5, 0.6) is 0 Å². The summed E-state index contributed by atoms with van der Waals surface area (Å²) >= 11 is 0. The van der Waals surface area contributed by atoms with Crippen molar-refractivity contribution >= 4 is 28.5 Å². The van der Waals surface area contributed by atoms with Gasteiger partial charge >= 0.3 is 11.7 Å². The number of likely N-dealkylation sites (N-methyl/N-ethyl adjacent to an activating group) is 1. The molecule has 0 aliphatic carbocycles. The van der Waals surface area contributed by atoms with Gasteiger partial charge in [0.2, 0.25) is 0 Å². The van der Waals surface area contributed by atoms with Crippen molar-refractivity contribution in [1.82, 2.24) is 4.57 Å². The maximum atomic E-state index is 12.5. The highest BCUT2D eigenvalue weighted by Crippen LogP contribution is 2.46. The largest absolute Gasteiger partial charge is 0.457 e. The number of aryl methyl sites for hydroxylation is 1. The Labute approximate surface area is 179 Å². The minimum Gasteiger partial charge on any atom is -0.457 e. The number of benzene rings is 2. The number of oxazole rings is 1. The lowest BCUT2D eigenvalue weighted by Crippen LogP contribution is -2.25. The fourth-order valence-electron chi connectivity index (χ4n) is 4.11. The molecule has 1 aliphatic heterocycles. The number of carbonyl (C=O) groups is 2. The van der Waals surface area contributed by atoms with E-state index >= 15 is 0 Å². The normalized spacial score (nSPS) is 16.0. The molecule has 0 atom stereocenters. The van der Waals surface area contributed by atoms with Crippen molar-refractivity contribution in [2.75, 3.05) is 18.6 Å². The van der Waals surface area contributed by atoms with Gasteiger partial charge in [0.25, 0.3) is 0 Å². The molecule has 0 spiro atoms. The van der Waals surface area contributed by atoms with Crippen LogP contribution in [0.15, 0.2) is 69.5 Å².